The molecule has 0 spiro atoms. The van der Waals surface area contributed by atoms with Crippen LogP contribution in [0.25, 0.3) is 0 Å². The van der Waals surface area contributed by atoms with Crippen LogP contribution in [0.5, 0.6) is 0 Å². The maximum Gasteiger partial charge on any atom is 0.352 e. The number of hydrogen-bond donors (Lipinski definition) is 1. The van der Waals surface area contributed by atoms with E-state index in [2.05, 4.69) is 6.92 Å². The van der Waals surface area contributed by atoms with E-state index in [1.807, 2.05) is 6.92 Å². The van der Waals surface area contributed by atoms with Crippen LogP contribution in [-0.2, 0) is 16.6 Å². The first-order valence-corrected chi connectivity index (χ1v) is 8.74. The highest BCUT2D eigenvalue weighted by Crippen LogP contribution is 2.25. The Morgan fingerprint density at radius 1 is 1.38 bits per heavy atom. The van der Waals surface area contributed by atoms with Gasteiger partial charge in [-0.1, -0.05) is 13.8 Å². The highest BCUT2D eigenvalue weighted by atomic mass is 32.2. The molecule has 1 aromatic rings. The molecule has 1 N–H and O–H groups in total. The van der Waals surface area contributed by atoms with Gasteiger partial charge in [0.05, 0.1) is 0 Å². The fourth-order valence-electron chi connectivity index (χ4n) is 2.60. The molecule has 0 aromatic carbocycles. The van der Waals surface area contributed by atoms with Gasteiger partial charge in [0.15, 0.2) is 0 Å². The molecular formula is C14H22N2O4S. The van der Waals surface area contributed by atoms with Crippen molar-refractivity contribution in [2.75, 3.05) is 13.1 Å². The average Bonchev–Trinajstić information content (AvgIpc) is 2.84. The summed E-state index contributed by atoms with van der Waals surface area (Å²) in [6.45, 7) is 5.54. The summed E-state index contributed by atoms with van der Waals surface area (Å²) in [5.74, 6) is -0.562. The second-order valence-electron chi connectivity index (χ2n) is 5.65. The van der Waals surface area contributed by atoms with Crippen molar-refractivity contribution < 1.29 is 18.3 Å². The number of hydrogen-bond acceptors (Lipinski definition) is 3. The first-order valence-electron chi connectivity index (χ1n) is 7.30. The standard InChI is InChI=1S/C14H22N2O4S/c1-3-6-15-10-12(9-13(15)14(17)18)21(19,20)16-7-4-11(2)5-8-16/h9-11H,3-8H2,1-2H3,(H,17,18). The van der Waals surface area contributed by atoms with Gasteiger partial charge < -0.3 is 9.67 Å². The average molecular weight is 314 g/mol. The van der Waals surface area contributed by atoms with E-state index in [0.29, 0.717) is 25.6 Å². The third-order valence-corrected chi connectivity index (χ3v) is 5.80. The molecule has 0 saturated carbocycles. The van der Waals surface area contributed by atoms with Crippen LogP contribution in [0.2, 0.25) is 0 Å². The molecule has 7 heteroatoms. The maximum atomic E-state index is 12.6. The van der Waals surface area contributed by atoms with Crippen LogP contribution in [0.1, 0.15) is 43.6 Å². The number of carbonyl (C=O) groups is 1. The molecule has 1 aliphatic heterocycles. The van der Waals surface area contributed by atoms with Crippen LogP contribution in [0.15, 0.2) is 17.2 Å². The first kappa shape index (κ1) is 16.0. The van der Waals surface area contributed by atoms with E-state index in [0.717, 1.165) is 19.3 Å². The zero-order chi connectivity index (χ0) is 15.6. The molecule has 21 heavy (non-hydrogen) atoms. The molecule has 2 rings (SSSR count). The van der Waals surface area contributed by atoms with E-state index in [4.69, 9.17) is 0 Å². The fourth-order valence-corrected chi connectivity index (χ4v) is 4.11. The minimum absolute atomic E-state index is 0.0285. The zero-order valence-electron chi connectivity index (χ0n) is 12.4. The van der Waals surface area contributed by atoms with Crippen LogP contribution in [-0.4, -0.2) is 41.5 Å². The predicted octanol–water partition coefficient (Wildman–Crippen LogP) is 2.02. The highest BCUT2D eigenvalue weighted by molar-refractivity contribution is 7.89. The second kappa shape index (κ2) is 6.19. The number of piperidine rings is 1. The van der Waals surface area contributed by atoms with Crippen LogP contribution < -0.4 is 0 Å². The van der Waals surface area contributed by atoms with Gasteiger partial charge in [-0.05, 0) is 31.2 Å². The van der Waals surface area contributed by atoms with Crippen molar-refractivity contribution in [3.8, 4) is 0 Å². The Kier molecular flexibility index (Phi) is 4.73. The lowest BCUT2D eigenvalue weighted by atomic mass is 10.0. The molecule has 0 bridgehead atoms. The van der Waals surface area contributed by atoms with Gasteiger partial charge in [0, 0.05) is 25.8 Å². The van der Waals surface area contributed by atoms with Crippen molar-refractivity contribution in [3.05, 3.63) is 18.0 Å². The summed E-state index contributed by atoms with van der Waals surface area (Å²) >= 11 is 0. The van der Waals surface area contributed by atoms with Gasteiger partial charge in [-0.2, -0.15) is 4.31 Å². The molecule has 6 nitrogen and oxygen atoms in total. The van der Waals surface area contributed by atoms with Crippen LogP contribution in [0.4, 0.5) is 0 Å². The monoisotopic (exact) mass is 314 g/mol. The van der Waals surface area contributed by atoms with Gasteiger partial charge in [0.2, 0.25) is 10.0 Å². The third kappa shape index (κ3) is 3.29. The first-order chi connectivity index (χ1) is 9.86. The predicted molar refractivity (Wildman–Crippen MR) is 78.8 cm³/mol. The lowest BCUT2D eigenvalue weighted by Gasteiger charge is -2.29. The minimum Gasteiger partial charge on any atom is -0.477 e. The summed E-state index contributed by atoms with van der Waals surface area (Å²) in [6.07, 6.45) is 3.89. The lowest BCUT2D eigenvalue weighted by Crippen LogP contribution is -2.37. The molecule has 1 fully saturated rings. The molecule has 0 aliphatic carbocycles. The number of aromatic carboxylic acids is 1. The van der Waals surface area contributed by atoms with E-state index in [-0.39, 0.29) is 10.6 Å². The van der Waals surface area contributed by atoms with Gasteiger partial charge in [-0.3, -0.25) is 0 Å². The summed E-state index contributed by atoms with van der Waals surface area (Å²) < 4.78 is 28.2. The van der Waals surface area contributed by atoms with Gasteiger partial charge >= 0.3 is 5.97 Å². The summed E-state index contributed by atoms with van der Waals surface area (Å²) in [5.41, 5.74) is 0.0285. The van der Waals surface area contributed by atoms with Crippen molar-refractivity contribution in [2.24, 2.45) is 5.92 Å². The van der Waals surface area contributed by atoms with E-state index in [1.165, 1.54) is 21.1 Å². The summed E-state index contributed by atoms with van der Waals surface area (Å²) in [5, 5.41) is 9.19. The molecule has 0 atom stereocenters. The van der Waals surface area contributed by atoms with Crippen molar-refractivity contribution >= 4 is 16.0 Å². The number of carboxylic acid groups (broad SMARTS) is 1. The van der Waals surface area contributed by atoms with E-state index in [1.54, 1.807) is 0 Å². The van der Waals surface area contributed by atoms with Crippen molar-refractivity contribution in [2.45, 2.75) is 44.6 Å². The summed E-state index contributed by atoms with van der Waals surface area (Å²) in [7, 11) is -3.59. The van der Waals surface area contributed by atoms with Crippen molar-refractivity contribution in [3.63, 3.8) is 0 Å². The molecule has 0 radical (unpaired) electrons. The van der Waals surface area contributed by atoms with Crippen molar-refractivity contribution in [1.82, 2.24) is 8.87 Å². The second-order valence-corrected chi connectivity index (χ2v) is 7.58. The van der Waals surface area contributed by atoms with Gasteiger partial charge in [-0.25, -0.2) is 13.2 Å². The number of rotatable bonds is 5. The normalized spacial score (nSPS) is 18.0. The van der Waals surface area contributed by atoms with Crippen LogP contribution in [0, 0.1) is 5.92 Å². The summed E-state index contributed by atoms with van der Waals surface area (Å²) in [4.78, 5) is 11.3. The minimum atomic E-state index is -3.59. The van der Waals surface area contributed by atoms with Crippen LogP contribution in [0.3, 0.4) is 0 Å². The number of nitrogens with zero attached hydrogens (tertiary/aromatic N) is 2. The Bertz CT molecular complexity index is 613. The molecule has 118 valence electrons. The quantitative estimate of drug-likeness (QED) is 0.901. The topological polar surface area (TPSA) is 79.6 Å². The largest absolute Gasteiger partial charge is 0.477 e. The van der Waals surface area contributed by atoms with Crippen LogP contribution >= 0.6 is 0 Å². The Morgan fingerprint density at radius 3 is 2.52 bits per heavy atom. The SMILES string of the molecule is CCCn1cc(S(=O)(=O)N2CCC(C)CC2)cc1C(=O)O. The molecule has 0 unspecified atom stereocenters. The molecule has 1 aromatic heterocycles. The molecule has 2 heterocycles. The molecular weight excluding hydrogens is 292 g/mol. The third-order valence-electron chi connectivity index (χ3n) is 3.94. The summed E-state index contributed by atoms with van der Waals surface area (Å²) in [6, 6.07) is 1.27. The number of carboxylic acids is 1. The number of aromatic nitrogens is 1. The fraction of sp³-hybridized carbons (Fsp3) is 0.643. The maximum absolute atomic E-state index is 12.6. The van der Waals surface area contributed by atoms with Gasteiger partial charge in [-0.15, -0.1) is 0 Å². The molecule has 1 saturated heterocycles. The Morgan fingerprint density at radius 2 is 2.00 bits per heavy atom. The van der Waals surface area contributed by atoms with E-state index >= 15 is 0 Å². The van der Waals surface area contributed by atoms with Crippen molar-refractivity contribution in [1.29, 1.82) is 0 Å². The highest BCUT2D eigenvalue weighted by Gasteiger charge is 2.30. The zero-order valence-corrected chi connectivity index (χ0v) is 13.3. The number of aryl methyl sites for hydroxylation is 1. The lowest BCUT2D eigenvalue weighted by molar-refractivity contribution is 0.0685. The van der Waals surface area contributed by atoms with E-state index in [9.17, 15) is 18.3 Å². The Balaban J connectivity index is 2.32. The van der Waals surface area contributed by atoms with Gasteiger partial charge in [0.25, 0.3) is 0 Å². The Labute approximate surface area is 125 Å². The molecule has 0 amide bonds. The van der Waals surface area contributed by atoms with E-state index < -0.39 is 16.0 Å². The van der Waals surface area contributed by atoms with Gasteiger partial charge in [0.1, 0.15) is 10.6 Å². The number of sulfonamides is 1. The molecule has 1 aliphatic rings. The Hall–Kier alpha value is -1.34. The smallest absolute Gasteiger partial charge is 0.352 e.